The summed E-state index contributed by atoms with van der Waals surface area (Å²) in [6.45, 7) is 4.81. The summed E-state index contributed by atoms with van der Waals surface area (Å²) in [6.07, 6.45) is 4.23. The molecule has 0 bridgehead atoms. The first-order chi connectivity index (χ1) is 15.0. The number of benzene rings is 1. The molecule has 8 heteroatoms. The van der Waals surface area contributed by atoms with E-state index in [4.69, 9.17) is 10.5 Å². The van der Waals surface area contributed by atoms with Crippen molar-refractivity contribution in [1.29, 1.82) is 0 Å². The Labute approximate surface area is 182 Å². The second-order valence-corrected chi connectivity index (χ2v) is 9.54. The van der Waals surface area contributed by atoms with Crippen LogP contribution in [0.2, 0.25) is 0 Å². The molecule has 166 valence electrons. The van der Waals surface area contributed by atoms with Crippen LogP contribution in [-0.4, -0.2) is 65.9 Å². The molecule has 4 heterocycles. The summed E-state index contributed by atoms with van der Waals surface area (Å²) in [4.78, 5) is 40.6. The standard InChI is InChI=1S/C23H30N4O4/c24-11-17-10-23(14-31-17)5-7-26(8-6-23)12-15-1-2-18-16(9-15)13-27(22(18)30)19-3-4-20(28)25-21(19)29/h1-2,9,17,19H,3-8,10-14,24H2,(H,25,28,29). The molecule has 3 amide bonds. The van der Waals surface area contributed by atoms with Crippen LogP contribution in [0.4, 0.5) is 0 Å². The summed E-state index contributed by atoms with van der Waals surface area (Å²) in [5.41, 5.74) is 8.90. The van der Waals surface area contributed by atoms with Crippen molar-refractivity contribution in [3.05, 3.63) is 34.9 Å². The Morgan fingerprint density at radius 3 is 2.71 bits per heavy atom. The first kappa shape index (κ1) is 20.6. The number of amides is 3. The lowest BCUT2D eigenvalue weighted by atomic mass is 9.76. The molecule has 1 aromatic carbocycles. The van der Waals surface area contributed by atoms with Crippen molar-refractivity contribution < 1.29 is 19.1 Å². The lowest BCUT2D eigenvalue weighted by molar-refractivity contribution is -0.136. The lowest BCUT2D eigenvalue weighted by Crippen LogP contribution is -2.52. The van der Waals surface area contributed by atoms with E-state index in [1.807, 2.05) is 12.1 Å². The normalized spacial score (nSPS) is 28.3. The molecular weight excluding hydrogens is 396 g/mol. The number of rotatable bonds is 4. The second kappa shape index (κ2) is 8.00. The van der Waals surface area contributed by atoms with Crippen molar-refractivity contribution in [3.63, 3.8) is 0 Å². The van der Waals surface area contributed by atoms with Crippen molar-refractivity contribution in [2.24, 2.45) is 11.1 Å². The number of imide groups is 1. The van der Waals surface area contributed by atoms with Crippen LogP contribution < -0.4 is 11.1 Å². The van der Waals surface area contributed by atoms with E-state index in [1.165, 1.54) is 5.56 Å². The van der Waals surface area contributed by atoms with E-state index in [0.717, 1.165) is 51.1 Å². The van der Waals surface area contributed by atoms with Crippen molar-refractivity contribution in [2.75, 3.05) is 26.2 Å². The van der Waals surface area contributed by atoms with Gasteiger partial charge in [0, 0.05) is 31.6 Å². The number of carbonyl (C=O) groups excluding carboxylic acids is 3. The molecule has 0 radical (unpaired) electrons. The van der Waals surface area contributed by atoms with Gasteiger partial charge < -0.3 is 15.4 Å². The van der Waals surface area contributed by atoms with Crippen LogP contribution in [0.5, 0.6) is 0 Å². The van der Waals surface area contributed by atoms with Crippen LogP contribution in [0.15, 0.2) is 18.2 Å². The van der Waals surface area contributed by atoms with E-state index >= 15 is 0 Å². The van der Waals surface area contributed by atoms with Gasteiger partial charge >= 0.3 is 0 Å². The van der Waals surface area contributed by atoms with E-state index in [9.17, 15) is 14.4 Å². The van der Waals surface area contributed by atoms with E-state index < -0.39 is 6.04 Å². The quantitative estimate of drug-likeness (QED) is 0.690. The van der Waals surface area contributed by atoms with Crippen LogP contribution in [0, 0.1) is 5.41 Å². The molecule has 1 aromatic rings. The van der Waals surface area contributed by atoms with Gasteiger partial charge in [-0.1, -0.05) is 12.1 Å². The zero-order valence-corrected chi connectivity index (χ0v) is 17.8. The largest absolute Gasteiger partial charge is 0.376 e. The molecule has 3 fully saturated rings. The summed E-state index contributed by atoms with van der Waals surface area (Å²) in [5.74, 6) is -0.752. The Morgan fingerprint density at radius 2 is 2.00 bits per heavy atom. The smallest absolute Gasteiger partial charge is 0.255 e. The summed E-state index contributed by atoms with van der Waals surface area (Å²) >= 11 is 0. The average molecular weight is 427 g/mol. The molecule has 0 saturated carbocycles. The van der Waals surface area contributed by atoms with E-state index in [2.05, 4.69) is 16.3 Å². The van der Waals surface area contributed by atoms with Gasteiger partial charge in [0.05, 0.1) is 12.7 Å². The summed E-state index contributed by atoms with van der Waals surface area (Å²) in [5, 5.41) is 2.35. The van der Waals surface area contributed by atoms with Crippen LogP contribution in [0.1, 0.15) is 53.6 Å². The SMILES string of the molecule is NCC1CC2(CCN(Cc3ccc4c(c3)CN(C3CCC(=O)NC3=O)C4=O)CC2)CO1. The number of nitrogens with one attached hydrogen (secondary N) is 1. The molecule has 3 N–H and O–H groups in total. The van der Waals surface area contributed by atoms with Gasteiger partial charge in [0.1, 0.15) is 6.04 Å². The minimum absolute atomic E-state index is 0.119. The van der Waals surface area contributed by atoms with Crippen LogP contribution in [0.3, 0.4) is 0 Å². The highest BCUT2D eigenvalue weighted by atomic mass is 16.5. The molecule has 8 nitrogen and oxygen atoms in total. The highest BCUT2D eigenvalue weighted by Gasteiger charge is 2.42. The third kappa shape index (κ3) is 3.88. The zero-order chi connectivity index (χ0) is 21.6. The molecular formula is C23H30N4O4. The molecule has 0 aromatic heterocycles. The number of nitrogens with zero attached hydrogens (tertiary/aromatic N) is 2. The van der Waals surface area contributed by atoms with E-state index in [0.29, 0.717) is 30.5 Å². The predicted molar refractivity (Wildman–Crippen MR) is 113 cm³/mol. The number of hydrogen-bond acceptors (Lipinski definition) is 6. The third-order valence-corrected chi connectivity index (χ3v) is 7.46. The Kier molecular flexibility index (Phi) is 5.32. The van der Waals surface area contributed by atoms with Gasteiger partial charge in [0.2, 0.25) is 11.8 Å². The minimum Gasteiger partial charge on any atom is -0.376 e. The average Bonchev–Trinajstić information content (AvgIpc) is 3.31. The highest BCUT2D eigenvalue weighted by molar-refractivity contribution is 6.05. The van der Waals surface area contributed by atoms with Crippen LogP contribution in [0.25, 0.3) is 0 Å². The van der Waals surface area contributed by atoms with E-state index in [-0.39, 0.29) is 30.2 Å². The van der Waals surface area contributed by atoms with Gasteiger partial charge in [0.25, 0.3) is 5.91 Å². The minimum atomic E-state index is -0.565. The van der Waals surface area contributed by atoms with Gasteiger partial charge in [0.15, 0.2) is 0 Å². The molecule has 1 spiro atoms. The van der Waals surface area contributed by atoms with Gasteiger partial charge in [-0.15, -0.1) is 0 Å². The predicted octanol–water partition coefficient (Wildman–Crippen LogP) is 0.777. The zero-order valence-electron chi connectivity index (χ0n) is 17.8. The third-order valence-electron chi connectivity index (χ3n) is 7.46. The number of piperidine rings is 2. The maximum atomic E-state index is 12.8. The first-order valence-corrected chi connectivity index (χ1v) is 11.3. The monoisotopic (exact) mass is 426 g/mol. The number of fused-ring (bicyclic) bond motifs is 1. The fraction of sp³-hybridized carbons (Fsp3) is 0.609. The number of carbonyl (C=O) groups is 3. The Morgan fingerprint density at radius 1 is 1.19 bits per heavy atom. The molecule has 4 aliphatic heterocycles. The molecule has 0 aliphatic carbocycles. The lowest BCUT2D eigenvalue weighted by Gasteiger charge is -2.38. The Bertz CT molecular complexity index is 909. The maximum Gasteiger partial charge on any atom is 0.255 e. The summed E-state index contributed by atoms with van der Waals surface area (Å²) < 4.78 is 5.86. The molecule has 2 atom stereocenters. The van der Waals surface area contributed by atoms with E-state index in [1.54, 1.807) is 4.90 Å². The number of likely N-dealkylation sites (tertiary alicyclic amines) is 1. The summed E-state index contributed by atoms with van der Waals surface area (Å²) in [6, 6.07) is 5.46. The van der Waals surface area contributed by atoms with Crippen molar-refractivity contribution >= 4 is 17.7 Å². The maximum absolute atomic E-state index is 12.8. The Hall–Kier alpha value is -2.29. The van der Waals surface area contributed by atoms with Crippen LogP contribution in [-0.2, 0) is 27.4 Å². The second-order valence-electron chi connectivity index (χ2n) is 9.54. The molecule has 3 saturated heterocycles. The van der Waals surface area contributed by atoms with Gasteiger partial charge in [-0.2, -0.15) is 0 Å². The number of hydrogen-bond donors (Lipinski definition) is 2. The number of nitrogens with two attached hydrogens (primary N) is 1. The van der Waals surface area contributed by atoms with Gasteiger partial charge in [-0.3, -0.25) is 24.6 Å². The van der Waals surface area contributed by atoms with Crippen molar-refractivity contribution in [2.45, 2.75) is 57.3 Å². The highest BCUT2D eigenvalue weighted by Crippen LogP contribution is 2.42. The topological polar surface area (TPSA) is 105 Å². The molecule has 4 aliphatic rings. The number of ether oxygens (including phenoxy) is 1. The van der Waals surface area contributed by atoms with Gasteiger partial charge in [-0.05, 0) is 61.4 Å². The molecule has 2 unspecified atom stereocenters. The molecule has 5 rings (SSSR count). The fourth-order valence-corrected chi connectivity index (χ4v) is 5.57. The summed E-state index contributed by atoms with van der Waals surface area (Å²) in [7, 11) is 0. The fourth-order valence-electron chi connectivity index (χ4n) is 5.57. The van der Waals surface area contributed by atoms with Crippen molar-refractivity contribution in [3.8, 4) is 0 Å². The van der Waals surface area contributed by atoms with Gasteiger partial charge in [-0.25, -0.2) is 0 Å². The Balaban J connectivity index is 1.21. The first-order valence-electron chi connectivity index (χ1n) is 11.3. The van der Waals surface area contributed by atoms with Crippen LogP contribution >= 0.6 is 0 Å². The molecule has 31 heavy (non-hydrogen) atoms. The van der Waals surface area contributed by atoms with Crippen molar-refractivity contribution in [1.82, 2.24) is 15.1 Å².